The van der Waals surface area contributed by atoms with Gasteiger partial charge in [0.2, 0.25) is 0 Å². The van der Waals surface area contributed by atoms with Crippen LogP contribution in [0, 0.1) is 11.3 Å². The standard InChI is InChI=1S/C17H29NO6/c1-4-17(10-8-7-9-11-17)16(21)24-18-12-13(14(19)22-5-2)15(20)23-6-3/h13,18H,4-12H2,1-3H3. The van der Waals surface area contributed by atoms with E-state index in [4.69, 9.17) is 14.3 Å². The molecule has 0 saturated heterocycles. The number of ether oxygens (including phenoxy) is 2. The van der Waals surface area contributed by atoms with Crippen LogP contribution in [0.5, 0.6) is 0 Å². The lowest BCUT2D eigenvalue weighted by molar-refractivity contribution is -0.172. The maximum absolute atomic E-state index is 12.4. The molecule has 7 heteroatoms. The van der Waals surface area contributed by atoms with E-state index in [0.29, 0.717) is 6.42 Å². The Balaban J connectivity index is 2.58. The predicted molar refractivity (Wildman–Crippen MR) is 86.7 cm³/mol. The summed E-state index contributed by atoms with van der Waals surface area (Å²) < 4.78 is 9.73. The predicted octanol–water partition coefficient (Wildman–Crippen LogP) is 2.14. The van der Waals surface area contributed by atoms with Crippen LogP contribution in [-0.2, 0) is 28.7 Å². The third-order valence-electron chi connectivity index (χ3n) is 4.52. The van der Waals surface area contributed by atoms with Crippen molar-refractivity contribution in [2.75, 3.05) is 19.8 Å². The molecule has 1 aliphatic carbocycles. The molecule has 0 amide bonds. The van der Waals surface area contributed by atoms with Crippen LogP contribution in [0.4, 0.5) is 0 Å². The normalized spacial score (nSPS) is 16.5. The van der Waals surface area contributed by atoms with Gasteiger partial charge in [0.15, 0.2) is 5.92 Å². The van der Waals surface area contributed by atoms with Gasteiger partial charge in [0.1, 0.15) is 0 Å². The van der Waals surface area contributed by atoms with E-state index in [-0.39, 0.29) is 25.7 Å². The van der Waals surface area contributed by atoms with E-state index < -0.39 is 23.3 Å². The molecule has 0 aromatic heterocycles. The highest BCUT2D eigenvalue weighted by Crippen LogP contribution is 2.40. The minimum absolute atomic E-state index is 0.160. The minimum atomic E-state index is -1.15. The third-order valence-corrected chi connectivity index (χ3v) is 4.52. The zero-order chi connectivity index (χ0) is 18.0. The zero-order valence-electron chi connectivity index (χ0n) is 14.9. The topological polar surface area (TPSA) is 90.9 Å². The van der Waals surface area contributed by atoms with Crippen molar-refractivity contribution in [2.24, 2.45) is 11.3 Å². The van der Waals surface area contributed by atoms with Crippen LogP contribution in [0.25, 0.3) is 0 Å². The largest absolute Gasteiger partial charge is 0.465 e. The minimum Gasteiger partial charge on any atom is -0.465 e. The molecule has 138 valence electrons. The SMILES string of the molecule is CCOC(=O)C(CNOC(=O)C1(CC)CCCCC1)C(=O)OCC. The van der Waals surface area contributed by atoms with Crippen LogP contribution < -0.4 is 5.48 Å². The van der Waals surface area contributed by atoms with E-state index in [0.717, 1.165) is 32.1 Å². The molecule has 1 saturated carbocycles. The van der Waals surface area contributed by atoms with Gasteiger partial charge in [-0.3, -0.25) is 9.59 Å². The number of hydrogen-bond acceptors (Lipinski definition) is 7. The quantitative estimate of drug-likeness (QED) is 0.297. The number of esters is 2. The van der Waals surface area contributed by atoms with Crippen molar-refractivity contribution in [1.29, 1.82) is 0 Å². The lowest BCUT2D eigenvalue weighted by atomic mass is 9.72. The van der Waals surface area contributed by atoms with Gasteiger partial charge in [-0.25, -0.2) is 4.79 Å². The summed E-state index contributed by atoms with van der Waals surface area (Å²) in [5, 5.41) is 0. The average Bonchev–Trinajstić information content (AvgIpc) is 2.59. The Morgan fingerprint density at radius 2 is 1.50 bits per heavy atom. The van der Waals surface area contributed by atoms with Gasteiger partial charge in [0, 0.05) is 0 Å². The van der Waals surface area contributed by atoms with Gasteiger partial charge in [-0.05, 0) is 33.1 Å². The fourth-order valence-electron chi connectivity index (χ4n) is 2.98. The molecule has 1 aliphatic rings. The van der Waals surface area contributed by atoms with Gasteiger partial charge in [-0.15, -0.1) is 0 Å². The van der Waals surface area contributed by atoms with Crippen molar-refractivity contribution in [1.82, 2.24) is 5.48 Å². The van der Waals surface area contributed by atoms with Gasteiger partial charge < -0.3 is 14.3 Å². The van der Waals surface area contributed by atoms with Crippen LogP contribution >= 0.6 is 0 Å². The molecule has 0 unspecified atom stereocenters. The molecule has 0 spiro atoms. The van der Waals surface area contributed by atoms with Crippen molar-refractivity contribution < 1.29 is 28.7 Å². The summed E-state index contributed by atoms with van der Waals surface area (Å²) in [4.78, 5) is 41.3. The number of carbonyl (C=O) groups is 3. The Labute approximate surface area is 143 Å². The Bertz CT molecular complexity index is 413. The summed E-state index contributed by atoms with van der Waals surface area (Å²) in [6.45, 7) is 5.44. The number of rotatable bonds is 9. The Kier molecular flexibility index (Phi) is 8.74. The number of carbonyl (C=O) groups excluding carboxylic acids is 3. The monoisotopic (exact) mass is 343 g/mol. The molecular weight excluding hydrogens is 314 g/mol. The number of hydrogen-bond donors (Lipinski definition) is 1. The fraction of sp³-hybridized carbons (Fsp3) is 0.824. The van der Waals surface area contributed by atoms with E-state index in [1.54, 1.807) is 13.8 Å². The van der Waals surface area contributed by atoms with Gasteiger partial charge >= 0.3 is 17.9 Å². The van der Waals surface area contributed by atoms with Crippen LogP contribution in [-0.4, -0.2) is 37.7 Å². The maximum atomic E-state index is 12.4. The Morgan fingerprint density at radius 3 is 1.96 bits per heavy atom. The summed E-state index contributed by atoms with van der Waals surface area (Å²) in [7, 11) is 0. The third kappa shape index (κ3) is 5.47. The second-order valence-electron chi connectivity index (χ2n) is 5.99. The zero-order valence-corrected chi connectivity index (χ0v) is 14.9. The lowest BCUT2D eigenvalue weighted by Gasteiger charge is -2.33. The van der Waals surface area contributed by atoms with Crippen molar-refractivity contribution in [3.05, 3.63) is 0 Å². The van der Waals surface area contributed by atoms with Crippen LogP contribution in [0.15, 0.2) is 0 Å². The summed E-state index contributed by atoms with van der Waals surface area (Å²) in [6.07, 6.45) is 5.49. The number of nitrogens with one attached hydrogen (secondary N) is 1. The smallest absolute Gasteiger partial charge is 0.330 e. The highest BCUT2D eigenvalue weighted by Gasteiger charge is 2.40. The molecule has 24 heavy (non-hydrogen) atoms. The summed E-state index contributed by atoms with van der Waals surface area (Å²) >= 11 is 0. The van der Waals surface area contributed by atoms with Crippen molar-refractivity contribution in [3.8, 4) is 0 Å². The van der Waals surface area contributed by atoms with E-state index in [2.05, 4.69) is 5.48 Å². The second-order valence-corrected chi connectivity index (χ2v) is 5.99. The molecule has 1 N–H and O–H groups in total. The molecule has 0 heterocycles. The van der Waals surface area contributed by atoms with Crippen LogP contribution in [0.3, 0.4) is 0 Å². The first kappa shape index (κ1) is 20.4. The summed E-state index contributed by atoms with van der Waals surface area (Å²) in [5.41, 5.74) is 2.01. The molecular formula is C17H29NO6. The highest BCUT2D eigenvalue weighted by atomic mass is 16.7. The van der Waals surface area contributed by atoms with E-state index in [1.807, 2.05) is 6.92 Å². The molecule has 1 rings (SSSR count). The molecule has 1 fully saturated rings. The van der Waals surface area contributed by atoms with E-state index in [1.165, 1.54) is 0 Å². The summed E-state index contributed by atoms with van der Waals surface area (Å²) in [5.74, 6) is -2.86. The van der Waals surface area contributed by atoms with E-state index in [9.17, 15) is 14.4 Å². The highest BCUT2D eigenvalue weighted by molar-refractivity contribution is 5.95. The van der Waals surface area contributed by atoms with Gasteiger partial charge in [-0.1, -0.05) is 26.2 Å². The Morgan fingerprint density at radius 1 is 0.958 bits per heavy atom. The van der Waals surface area contributed by atoms with Crippen LogP contribution in [0.1, 0.15) is 59.3 Å². The second kappa shape index (κ2) is 10.3. The average molecular weight is 343 g/mol. The van der Waals surface area contributed by atoms with E-state index >= 15 is 0 Å². The van der Waals surface area contributed by atoms with Gasteiger partial charge in [-0.2, -0.15) is 5.48 Å². The van der Waals surface area contributed by atoms with Crippen LogP contribution in [0.2, 0.25) is 0 Å². The molecule has 0 atom stereocenters. The Hall–Kier alpha value is -1.63. The molecule has 0 radical (unpaired) electrons. The van der Waals surface area contributed by atoms with Crippen molar-refractivity contribution in [2.45, 2.75) is 59.3 Å². The van der Waals surface area contributed by atoms with Gasteiger partial charge in [0.05, 0.1) is 25.2 Å². The first-order valence-electron chi connectivity index (χ1n) is 8.78. The summed E-state index contributed by atoms with van der Waals surface area (Å²) in [6, 6.07) is 0. The van der Waals surface area contributed by atoms with Crippen molar-refractivity contribution in [3.63, 3.8) is 0 Å². The molecule has 0 aromatic carbocycles. The lowest BCUT2D eigenvalue weighted by Crippen LogP contribution is -2.41. The molecule has 0 bridgehead atoms. The molecule has 0 aromatic rings. The van der Waals surface area contributed by atoms with Crippen molar-refractivity contribution >= 4 is 17.9 Å². The van der Waals surface area contributed by atoms with Gasteiger partial charge in [0.25, 0.3) is 0 Å². The molecule has 7 nitrogen and oxygen atoms in total. The number of hydroxylamine groups is 1. The first-order valence-corrected chi connectivity index (χ1v) is 8.78. The molecule has 0 aliphatic heterocycles. The maximum Gasteiger partial charge on any atom is 0.330 e. The fourth-order valence-corrected chi connectivity index (χ4v) is 2.98. The first-order chi connectivity index (χ1) is 11.5.